The second-order valence-electron chi connectivity index (χ2n) is 10.6. The molecular formula is C30H38N6O. The Labute approximate surface area is 218 Å². The fourth-order valence-electron chi connectivity index (χ4n) is 5.94. The maximum absolute atomic E-state index is 13.3. The van der Waals surface area contributed by atoms with Crippen molar-refractivity contribution in [1.29, 1.82) is 0 Å². The van der Waals surface area contributed by atoms with Crippen LogP contribution in [0.25, 0.3) is 10.9 Å². The van der Waals surface area contributed by atoms with Crippen molar-refractivity contribution in [3.05, 3.63) is 87.0 Å². The highest BCUT2D eigenvalue weighted by Crippen LogP contribution is 2.32. The van der Waals surface area contributed by atoms with E-state index in [0.717, 1.165) is 60.1 Å². The second kappa shape index (κ2) is 11.4. The van der Waals surface area contributed by atoms with Crippen molar-refractivity contribution in [2.75, 3.05) is 6.54 Å². The predicted octanol–water partition coefficient (Wildman–Crippen LogP) is 5.83. The lowest BCUT2D eigenvalue weighted by Crippen LogP contribution is -2.35. The molecule has 0 bridgehead atoms. The Morgan fingerprint density at radius 1 is 1.08 bits per heavy atom. The number of hydrogen-bond acceptors (Lipinski definition) is 5. The molecule has 4 aromatic rings. The molecule has 1 unspecified atom stereocenters. The van der Waals surface area contributed by atoms with Gasteiger partial charge in [-0.3, -0.25) is 9.69 Å². The first-order valence-corrected chi connectivity index (χ1v) is 13.7. The summed E-state index contributed by atoms with van der Waals surface area (Å²) in [5.41, 5.74) is 5.25. The molecule has 1 aliphatic carbocycles. The van der Waals surface area contributed by atoms with Gasteiger partial charge in [-0.25, -0.2) is 4.68 Å². The Morgan fingerprint density at radius 3 is 2.62 bits per heavy atom. The lowest BCUT2D eigenvalue weighted by molar-refractivity contribution is 0.165. The Balaban J connectivity index is 1.50. The molecule has 194 valence electrons. The summed E-state index contributed by atoms with van der Waals surface area (Å²) in [4.78, 5) is 18.8. The fourth-order valence-corrected chi connectivity index (χ4v) is 5.94. The smallest absolute Gasteiger partial charge is 0.252 e. The molecule has 2 aromatic carbocycles. The summed E-state index contributed by atoms with van der Waals surface area (Å²) in [5.74, 6) is 0.923. The largest absolute Gasteiger partial charge is 0.321 e. The number of H-pyrrole nitrogens is 1. The van der Waals surface area contributed by atoms with E-state index in [9.17, 15) is 4.79 Å². The third kappa shape index (κ3) is 5.67. The molecule has 37 heavy (non-hydrogen) atoms. The van der Waals surface area contributed by atoms with Crippen molar-refractivity contribution < 1.29 is 0 Å². The number of hydrogen-bond donors (Lipinski definition) is 1. The first-order chi connectivity index (χ1) is 18.0. The lowest BCUT2D eigenvalue weighted by Gasteiger charge is -2.32. The summed E-state index contributed by atoms with van der Waals surface area (Å²) in [7, 11) is 0. The number of nitrogens with zero attached hydrogens (tertiary/aromatic N) is 5. The Kier molecular flexibility index (Phi) is 7.79. The highest BCUT2D eigenvalue weighted by molar-refractivity contribution is 5.82. The van der Waals surface area contributed by atoms with Crippen LogP contribution in [0.1, 0.15) is 85.6 Å². The van der Waals surface area contributed by atoms with Gasteiger partial charge >= 0.3 is 0 Å². The van der Waals surface area contributed by atoms with E-state index in [2.05, 4.69) is 93.3 Å². The molecule has 2 aromatic heterocycles. The summed E-state index contributed by atoms with van der Waals surface area (Å²) in [5, 5.41) is 14.2. The monoisotopic (exact) mass is 498 g/mol. The molecule has 2 heterocycles. The van der Waals surface area contributed by atoms with Crippen LogP contribution in [0.2, 0.25) is 0 Å². The number of nitrogens with one attached hydrogen (secondary N) is 1. The molecule has 0 saturated heterocycles. The minimum atomic E-state index is -0.0223. The quantitative estimate of drug-likeness (QED) is 0.314. The zero-order chi connectivity index (χ0) is 25.8. The van der Waals surface area contributed by atoms with Gasteiger partial charge in [0.15, 0.2) is 5.82 Å². The minimum Gasteiger partial charge on any atom is -0.321 e. The Bertz CT molecular complexity index is 1390. The van der Waals surface area contributed by atoms with E-state index in [1.165, 1.54) is 30.4 Å². The van der Waals surface area contributed by atoms with Gasteiger partial charge in [0.25, 0.3) is 5.56 Å². The molecule has 0 radical (unpaired) electrons. The predicted molar refractivity (Wildman–Crippen MR) is 148 cm³/mol. The van der Waals surface area contributed by atoms with E-state index in [4.69, 9.17) is 0 Å². The minimum absolute atomic E-state index is 0.0223. The molecule has 1 fully saturated rings. The number of tetrazole rings is 1. The van der Waals surface area contributed by atoms with E-state index in [1.807, 2.05) is 6.07 Å². The number of aromatic amines is 1. The van der Waals surface area contributed by atoms with Gasteiger partial charge in [0.05, 0.1) is 17.6 Å². The average molecular weight is 499 g/mol. The molecule has 5 rings (SSSR count). The van der Waals surface area contributed by atoms with Gasteiger partial charge in [-0.2, -0.15) is 0 Å². The number of rotatable bonds is 9. The van der Waals surface area contributed by atoms with Gasteiger partial charge < -0.3 is 4.98 Å². The summed E-state index contributed by atoms with van der Waals surface area (Å²) in [6, 6.07) is 17.3. The molecule has 7 nitrogen and oxygen atoms in total. The van der Waals surface area contributed by atoms with Crippen molar-refractivity contribution in [2.24, 2.45) is 0 Å². The van der Waals surface area contributed by atoms with Gasteiger partial charge in [-0.15, -0.1) is 5.10 Å². The SMILES string of the molecule is CCC(c1nnnn1C1CCCCC1)N(CCc1ccccc1)Cc1cc2cc(C)cc(C)c2[nH]c1=O. The lowest BCUT2D eigenvalue weighted by atomic mass is 9.95. The Hall–Kier alpha value is -3.32. The number of benzene rings is 2. The zero-order valence-electron chi connectivity index (χ0n) is 22.3. The van der Waals surface area contributed by atoms with Crippen LogP contribution in [0.3, 0.4) is 0 Å². The van der Waals surface area contributed by atoms with Crippen LogP contribution in [0.15, 0.2) is 53.3 Å². The average Bonchev–Trinajstić information content (AvgIpc) is 3.39. The standard InChI is InChI=1S/C30H38N6O/c1-4-27(29-32-33-34-36(29)26-13-9-6-10-14-26)35(16-15-23-11-7-5-8-12-23)20-25-19-24-18-21(2)17-22(3)28(24)31-30(25)37/h5,7-8,11-12,17-19,26-27H,4,6,9-10,13-16,20H2,1-3H3,(H,31,37). The molecule has 1 saturated carbocycles. The Morgan fingerprint density at radius 2 is 1.86 bits per heavy atom. The van der Waals surface area contributed by atoms with E-state index in [0.29, 0.717) is 12.6 Å². The fraction of sp³-hybridized carbons (Fsp3) is 0.467. The highest BCUT2D eigenvalue weighted by atomic mass is 16.1. The van der Waals surface area contributed by atoms with Crippen LogP contribution in [-0.2, 0) is 13.0 Å². The number of fused-ring (bicyclic) bond motifs is 1. The molecule has 0 spiro atoms. The number of aromatic nitrogens is 5. The third-order valence-electron chi connectivity index (χ3n) is 7.84. The van der Waals surface area contributed by atoms with Crippen LogP contribution in [0.5, 0.6) is 0 Å². The summed E-state index contributed by atoms with van der Waals surface area (Å²) < 4.78 is 2.08. The van der Waals surface area contributed by atoms with E-state index >= 15 is 0 Å². The maximum Gasteiger partial charge on any atom is 0.252 e. The zero-order valence-corrected chi connectivity index (χ0v) is 22.3. The topological polar surface area (TPSA) is 79.7 Å². The molecule has 1 atom stereocenters. The first-order valence-electron chi connectivity index (χ1n) is 13.7. The summed E-state index contributed by atoms with van der Waals surface area (Å²) >= 11 is 0. The van der Waals surface area contributed by atoms with Crippen LogP contribution in [0.4, 0.5) is 0 Å². The second-order valence-corrected chi connectivity index (χ2v) is 10.6. The molecular weight excluding hydrogens is 460 g/mol. The van der Waals surface area contributed by atoms with Crippen molar-refractivity contribution >= 4 is 10.9 Å². The van der Waals surface area contributed by atoms with Gasteiger partial charge in [-0.05, 0) is 78.6 Å². The summed E-state index contributed by atoms with van der Waals surface area (Å²) in [6.45, 7) is 7.69. The van der Waals surface area contributed by atoms with Gasteiger partial charge in [-0.1, -0.05) is 68.1 Å². The van der Waals surface area contributed by atoms with Gasteiger partial charge in [0.1, 0.15) is 0 Å². The van der Waals surface area contributed by atoms with Crippen LogP contribution < -0.4 is 5.56 Å². The normalized spacial score (nSPS) is 15.5. The van der Waals surface area contributed by atoms with Crippen molar-refractivity contribution in [3.63, 3.8) is 0 Å². The maximum atomic E-state index is 13.3. The molecule has 1 N–H and O–H groups in total. The van der Waals surface area contributed by atoms with Crippen molar-refractivity contribution in [2.45, 2.75) is 84.3 Å². The highest BCUT2D eigenvalue weighted by Gasteiger charge is 2.29. The number of pyridine rings is 1. The van der Waals surface area contributed by atoms with Crippen LogP contribution >= 0.6 is 0 Å². The number of aryl methyl sites for hydroxylation is 2. The molecule has 0 aliphatic heterocycles. The van der Waals surface area contributed by atoms with E-state index < -0.39 is 0 Å². The first kappa shape index (κ1) is 25.3. The summed E-state index contributed by atoms with van der Waals surface area (Å²) in [6.07, 6.45) is 7.76. The van der Waals surface area contributed by atoms with Crippen molar-refractivity contribution in [3.8, 4) is 0 Å². The molecule has 1 aliphatic rings. The molecule has 7 heteroatoms. The van der Waals surface area contributed by atoms with E-state index in [1.54, 1.807) is 0 Å². The van der Waals surface area contributed by atoms with E-state index in [-0.39, 0.29) is 11.6 Å². The van der Waals surface area contributed by atoms with Crippen LogP contribution in [-0.4, -0.2) is 36.6 Å². The van der Waals surface area contributed by atoms with Gasteiger partial charge in [0.2, 0.25) is 0 Å². The molecule has 0 amide bonds. The third-order valence-corrected chi connectivity index (χ3v) is 7.84. The van der Waals surface area contributed by atoms with Crippen LogP contribution in [0, 0.1) is 13.8 Å². The van der Waals surface area contributed by atoms with Gasteiger partial charge in [0, 0.05) is 18.7 Å². The van der Waals surface area contributed by atoms with Crippen molar-refractivity contribution in [1.82, 2.24) is 30.1 Å².